The summed E-state index contributed by atoms with van der Waals surface area (Å²) < 4.78 is 0. The summed E-state index contributed by atoms with van der Waals surface area (Å²) in [5.41, 5.74) is 0. The molecule has 0 aliphatic rings. The number of aryl methyl sites for hydroxylation is 1. The minimum Gasteiger partial charge on any atom is -0.316 e. The highest BCUT2D eigenvalue weighted by Gasteiger charge is 2.08. The molecule has 98 valence electrons. The zero-order chi connectivity index (χ0) is 12.5. The summed E-state index contributed by atoms with van der Waals surface area (Å²) in [6, 6.07) is 4.42. The lowest BCUT2D eigenvalue weighted by atomic mass is 9.97. The van der Waals surface area contributed by atoms with Crippen LogP contribution in [0.4, 0.5) is 0 Å². The molecule has 1 rings (SSSR count). The molecule has 1 N–H and O–H groups in total. The Kier molecular flexibility index (Phi) is 7.54. The van der Waals surface area contributed by atoms with Crippen LogP contribution < -0.4 is 5.32 Å². The number of hydrogen-bond acceptors (Lipinski definition) is 2. The molecule has 0 fully saturated rings. The van der Waals surface area contributed by atoms with Gasteiger partial charge in [0.25, 0.3) is 0 Å². The maximum atomic E-state index is 3.60. The van der Waals surface area contributed by atoms with Crippen molar-refractivity contribution >= 4 is 11.3 Å². The SMILES string of the molecule is CCCC(CCc1cccs1)CNCC(C)C. The second-order valence-electron chi connectivity index (χ2n) is 5.32. The third-order valence-electron chi connectivity index (χ3n) is 3.06. The van der Waals surface area contributed by atoms with E-state index in [4.69, 9.17) is 0 Å². The molecule has 0 saturated heterocycles. The van der Waals surface area contributed by atoms with Gasteiger partial charge in [0.15, 0.2) is 0 Å². The van der Waals surface area contributed by atoms with Crippen LogP contribution in [-0.2, 0) is 6.42 Å². The molecule has 1 aromatic heterocycles. The molecule has 1 nitrogen and oxygen atoms in total. The minimum atomic E-state index is 0.759. The van der Waals surface area contributed by atoms with E-state index in [2.05, 4.69) is 43.6 Å². The van der Waals surface area contributed by atoms with Crippen LogP contribution in [0.2, 0.25) is 0 Å². The van der Waals surface area contributed by atoms with E-state index in [1.807, 2.05) is 11.3 Å². The van der Waals surface area contributed by atoms with Crippen LogP contribution in [0.3, 0.4) is 0 Å². The van der Waals surface area contributed by atoms with E-state index in [1.54, 1.807) is 0 Å². The minimum absolute atomic E-state index is 0.759. The number of rotatable bonds is 9. The van der Waals surface area contributed by atoms with E-state index < -0.39 is 0 Å². The largest absolute Gasteiger partial charge is 0.316 e. The Balaban J connectivity index is 2.22. The van der Waals surface area contributed by atoms with Crippen molar-refractivity contribution in [2.45, 2.75) is 46.5 Å². The van der Waals surface area contributed by atoms with Gasteiger partial charge in [-0.1, -0.05) is 33.3 Å². The van der Waals surface area contributed by atoms with E-state index in [0.717, 1.165) is 18.4 Å². The summed E-state index contributed by atoms with van der Waals surface area (Å²) in [7, 11) is 0. The topological polar surface area (TPSA) is 12.0 Å². The average molecular weight is 253 g/mol. The van der Waals surface area contributed by atoms with Crippen molar-refractivity contribution in [3.05, 3.63) is 22.4 Å². The zero-order valence-corrected chi connectivity index (χ0v) is 12.4. The molecule has 0 bridgehead atoms. The third kappa shape index (κ3) is 6.85. The van der Waals surface area contributed by atoms with Gasteiger partial charge in [0.1, 0.15) is 0 Å². The predicted octanol–water partition coefficient (Wildman–Crippen LogP) is 4.34. The van der Waals surface area contributed by atoms with Crippen molar-refractivity contribution in [3.63, 3.8) is 0 Å². The second kappa shape index (κ2) is 8.71. The lowest BCUT2D eigenvalue weighted by molar-refractivity contribution is 0.401. The molecule has 0 aromatic carbocycles. The molecule has 1 atom stereocenters. The van der Waals surface area contributed by atoms with Crippen LogP contribution in [-0.4, -0.2) is 13.1 Å². The lowest BCUT2D eigenvalue weighted by Crippen LogP contribution is -2.26. The summed E-state index contributed by atoms with van der Waals surface area (Å²) >= 11 is 1.89. The van der Waals surface area contributed by atoms with Gasteiger partial charge in [-0.3, -0.25) is 0 Å². The molecule has 2 heteroatoms. The quantitative estimate of drug-likeness (QED) is 0.690. The first-order valence-electron chi connectivity index (χ1n) is 6.95. The van der Waals surface area contributed by atoms with E-state index in [0.29, 0.717) is 0 Å². The van der Waals surface area contributed by atoms with Gasteiger partial charge in [0.2, 0.25) is 0 Å². The smallest absolute Gasteiger partial charge is 0.00453 e. The first-order valence-corrected chi connectivity index (χ1v) is 7.83. The van der Waals surface area contributed by atoms with E-state index in [9.17, 15) is 0 Å². The first kappa shape index (κ1) is 14.7. The predicted molar refractivity (Wildman–Crippen MR) is 78.7 cm³/mol. The van der Waals surface area contributed by atoms with Crippen LogP contribution in [0.1, 0.15) is 44.9 Å². The molecule has 0 radical (unpaired) electrons. The number of thiophene rings is 1. The Morgan fingerprint density at radius 2 is 2.06 bits per heavy atom. The van der Waals surface area contributed by atoms with Gasteiger partial charge in [-0.15, -0.1) is 11.3 Å². The lowest BCUT2D eigenvalue weighted by Gasteiger charge is -2.17. The highest BCUT2D eigenvalue weighted by atomic mass is 32.1. The highest BCUT2D eigenvalue weighted by Crippen LogP contribution is 2.17. The Morgan fingerprint density at radius 1 is 1.24 bits per heavy atom. The third-order valence-corrected chi connectivity index (χ3v) is 4.00. The summed E-state index contributed by atoms with van der Waals surface area (Å²) in [6.07, 6.45) is 5.25. The fraction of sp³-hybridized carbons (Fsp3) is 0.733. The van der Waals surface area contributed by atoms with Gasteiger partial charge < -0.3 is 5.32 Å². The van der Waals surface area contributed by atoms with Crippen LogP contribution in [0.25, 0.3) is 0 Å². The van der Waals surface area contributed by atoms with Crippen LogP contribution in [0, 0.1) is 11.8 Å². The fourth-order valence-corrected chi connectivity index (χ4v) is 2.86. The summed E-state index contributed by atoms with van der Waals surface area (Å²) in [6.45, 7) is 9.18. The molecule has 1 unspecified atom stereocenters. The van der Waals surface area contributed by atoms with Crippen molar-refractivity contribution < 1.29 is 0 Å². The molecule has 1 heterocycles. The Hall–Kier alpha value is -0.340. The average Bonchev–Trinajstić information content (AvgIpc) is 2.78. The summed E-state index contributed by atoms with van der Waals surface area (Å²) in [5, 5.41) is 5.78. The van der Waals surface area contributed by atoms with E-state index in [-0.39, 0.29) is 0 Å². The Labute approximate surface area is 111 Å². The standard InChI is InChI=1S/C15H27NS/c1-4-6-14(12-16-11-13(2)3)8-9-15-7-5-10-17-15/h5,7,10,13-14,16H,4,6,8-9,11-12H2,1-3H3. The number of hydrogen-bond donors (Lipinski definition) is 1. The fourth-order valence-electron chi connectivity index (χ4n) is 2.13. The van der Waals surface area contributed by atoms with Crippen molar-refractivity contribution in [2.75, 3.05) is 13.1 Å². The molecule has 0 amide bonds. The Morgan fingerprint density at radius 3 is 2.65 bits per heavy atom. The van der Waals surface area contributed by atoms with E-state index >= 15 is 0 Å². The molecule has 1 aromatic rings. The van der Waals surface area contributed by atoms with Gasteiger partial charge in [0, 0.05) is 4.88 Å². The Bertz CT molecular complexity index is 266. The summed E-state index contributed by atoms with van der Waals surface area (Å²) in [5.74, 6) is 1.61. The number of nitrogens with one attached hydrogen (secondary N) is 1. The maximum absolute atomic E-state index is 3.60. The van der Waals surface area contributed by atoms with E-state index in [1.165, 1.54) is 37.1 Å². The monoisotopic (exact) mass is 253 g/mol. The van der Waals surface area contributed by atoms with Crippen LogP contribution in [0.15, 0.2) is 17.5 Å². The van der Waals surface area contributed by atoms with Gasteiger partial charge >= 0.3 is 0 Å². The normalized spacial score (nSPS) is 13.2. The molecule has 17 heavy (non-hydrogen) atoms. The first-order chi connectivity index (χ1) is 8.22. The van der Waals surface area contributed by atoms with Crippen molar-refractivity contribution in [1.29, 1.82) is 0 Å². The van der Waals surface area contributed by atoms with Crippen molar-refractivity contribution in [3.8, 4) is 0 Å². The second-order valence-corrected chi connectivity index (χ2v) is 6.36. The molecule has 0 aliphatic carbocycles. The molecule has 0 aliphatic heterocycles. The summed E-state index contributed by atoms with van der Waals surface area (Å²) in [4.78, 5) is 1.54. The van der Waals surface area contributed by atoms with Crippen LogP contribution in [0.5, 0.6) is 0 Å². The van der Waals surface area contributed by atoms with Crippen LogP contribution >= 0.6 is 11.3 Å². The molecular formula is C15H27NS. The van der Waals surface area contributed by atoms with Crippen molar-refractivity contribution in [1.82, 2.24) is 5.32 Å². The maximum Gasteiger partial charge on any atom is 0.00453 e. The molecule has 0 spiro atoms. The van der Waals surface area contributed by atoms with Gasteiger partial charge in [-0.05, 0) is 55.6 Å². The molecule has 0 saturated carbocycles. The molecular weight excluding hydrogens is 226 g/mol. The van der Waals surface area contributed by atoms with Gasteiger partial charge in [-0.25, -0.2) is 0 Å². The van der Waals surface area contributed by atoms with Crippen molar-refractivity contribution in [2.24, 2.45) is 11.8 Å². The zero-order valence-electron chi connectivity index (χ0n) is 11.5. The van der Waals surface area contributed by atoms with Gasteiger partial charge in [-0.2, -0.15) is 0 Å². The van der Waals surface area contributed by atoms with Gasteiger partial charge in [0.05, 0.1) is 0 Å². The highest BCUT2D eigenvalue weighted by molar-refractivity contribution is 7.09.